The van der Waals surface area contributed by atoms with Crippen molar-refractivity contribution in [3.8, 4) is 0 Å². The molecule has 1 aromatic heterocycles. The maximum atomic E-state index is 12.0. The fourth-order valence-electron chi connectivity index (χ4n) is 2.96. The second-order valence-corrected chi connectivity index (χ2v) is 7.17. The van der Waals surface area contributed by atoms with Gasteiger partial charge < -0.3 is 9.88 Å². The topological polar surface area (TPSA) is 59.8 Å². The molecule has 0 atom stereocenters. The van der Waals surface area contributed by atoms with E-state index in [1.807, 2.05) is 12.1 Å². The van der Waals surface area contributed by atoms with Crippen LogP contribution in [0.1, 0.15) is 36.5 Å². The molecule has 128 valence electrons. The minimum atomic E-state index is 0.0684. The van der Waals surface area contributed by atoms with Gasteiger partial charge in [-0.25, -0.2) is 0 Å². The number of carbonyl (C=O) groups is 1. The predicted octanol–water partition coefficient (Wildman–Crippen LogP) is 2.76. The molecule has 1 N–H and O–H groups in total. The van der Waals surface area contributed by atoms with Crippen LogP contribution in [0.25, 0.3) is 0 Å². The van der Waals surface area contributed by atoms with Crippen LogP contribution >= 0.6 is 11.8 Å². The molecule has 0 unspecified atom stereocenters. The highest BCUT2D eigenvalue weighted by Crippen LogP contribution is 2.21. The monoisotopic (exact) mass is 344 g/mol. The lowest BCUT2D eigenvalue weighted by atomic mass is 10.2. The van der Waals surface area contributed by atoms with E-state index in [1.54, 1.807) is 11.8 Å². The maximum absolute atomic E-state index is 12.0. The molecule has 0 aliphatic carbocycles. The van der Waals surface area contributed by atoms with Crippen molar-refractivity contribution in [2.24, 2.45) is 0 Å². The highest BCUT2D eigenvalue weighted by atomic mass is 32.2. The molecule has 6 heteroatoms. The SMILES string of the molecule is Cc1ccccc1SCC(=O)NCCc1nnc2n1CCCCC2. The molecule has 0 radical (unpaired) electrons. The molecule has 5 nitrogen and oxygen atoms in total. The number of nitrogens with zero attached hydrogens (tertiary/aromatic N) is 3. The van der Waals surface area contributed by atoms with Crippen molar-refractivity contribution < 1.29 is 4.79 Å². The zero-order valence-corrected chi connectivity index (χ0v) is 14.9. The first kappa shape index (κ1) is 17.0. The van der Waals surface area contributed by atoms with E-state index in [9.17, 15) is 4.79 Å². The Balaban J connectivity index is 1.44. The molecule has 3 rings (SSSR count). The summed E-state index contributed by atoms with van der Waals surface area (Å²) in [6, 6.07) is 8.14. The number of fused-ring (bicyclic) bond motifs is 1. The Morgan fingerprint density at radius 1 is 1.25 bits per heavy atom. The van der Waals surface area contributed by atoms with E-state index in [0.29, 0.717) is 12.3 Å². The number of thioether (sulfide) groups is 1. The predicted molar refractivity (Wildman–Crippen MR) is 96.2 cm³/mol. The average molecular weight is 344 g/mol. The van der Waals surface area contributed by atoms with Crippen LogP contribution in [0.2, 0.25) is 0 Å². The number of amides is 1. The van der Waals surface area contributed by atoms with Crippen LogP contribution < -0.4 is 5.32 Å². The van der Waals surface area contributed by atoms with Crippen LogP contribution in [0.4, 0.5) is 0 Å². The Labute approximate surface area is 147 Å². The molecule has 2 aromatic rings. The van der Waals surface area contributed by atoms with Gasteiger partial charge in [0.25, 0.3) is 0 Å². The van der Waals surface area contributed by atoms with Crippen LogP contribution in [0, 0.1) is 6.92 Å². The van der Waals surface area contributed by atoms with Crippen molar-refractivity contribution in [1.29, 1.82) is 0 Å². The molecule has 0 spiro atoms. The van der Waals surface area contributed by atoms with Gasteiger partial charge in [0, 0.05) is 30.8 Å². The van der Waals surface area contributed by atoms with E-state index >= 15 is 0 Å². The third-order valence-electron chi connectivity index (χ3n) is 4.31. The van der Waals surface area contributed by atoms with Crippen molar-refractivity contribution in [3.05, 3.63) is 41.5 Å². The summed E-state index contributed by atoms with van der Waals surface area (Å²) in [5.41, 5.74) is 1.21. The number of hydrogen-bond donors (Lipinski definition) is 1. The van der Waals surface area contributed by atoms with Crippen molar-refractivity contribution in [2.75, 3.05) is 12.3 Å². The Bertz CT molecular complexity index is 698. The van der Waals surface area contributed by atoms with Crippen LogP contribution in [0.3, 0.4) is 0 Å². The molecule has 1 aliphatic heterocycles. The maximum Gasteiger partial charge on any atom is 0.230 e. The summed E-state index contributed by atoms with van der Waals surface area (Å²) in [5.74, 6) is 2.62. The fourth-order valence-corrected chi connectivity index (χ4v) is 3.82. The lowest BCUT2D eigenvalue weighted by molar-refractivity contribution is -0.118. The van der Waals surface area contributed by atoms with Crippen LogP contribution in [0.15, 0.2) is 29.2 Å². The van der Waals surface area contributed by atoms with Gasteiger partial charge in [0.15, 0.2) is 0 Å². The number of benzene rings is 1. The third-order valence-corrected chi connectivity index (χ3v) is 5.48. The van der Waals surface area contributed by atoms with E-state index in [2.05, 4.69) is 39.1 Å². The Hall–Kier alpha value is -1.82. The largest absolute Gasteiger partial charge is 0.355 e. The van der Waals surface area contributed by atoms with Crippen LogP contribution in [-0.2, 0) is 24.2 Å². The highest BCUT2D eigenvalue weighted by Gasteiger charge is 2.14. The molecule has 24 heavy (non-hydrogen) atoms. The molecule has 1 amide bonds. The molecule has 0 saturated carbocycles. The van der Waals surface area contributed by atoms with Gasteiger partial charge in [0.05, 0.1) is 5.75 Å². The first-order valence-electron chi connectivity index (χ1n) is 8.60. The van der Waals surface area contributed by atoms with Crippen molar-refractivity contribution in [2.45, 2.75) is 50.5 Å². The van der Waals surface area contributed by atoms with E-state index < -0.39 is 0 Å². The number of aryl methyl sites for hydroxylation is 2. The lowest BCUT2D eigenvalue weighted by Gasteiger charge is -2.08. The molecule has 2 heterocycles. The number of hydrogen-bond acceptors (Lipinski definition) is 4. The van der Waals surface area contributed by atoms with Gasteiger partial charge in [0.2, 0.25) is 5.91 Å². The summed E-state index contributed by atoms with van der Waals surface area (Å²) in [6.45, 7) is 3.69. The molecule has 0 saturated heterocycles. The van der Waals surface area contributed by atoms with Crippen molar-refractivity contribution >= 4 is 17.7 Å². The van der Waals surface area contributed by atoms with Gasteiger partial charge >= 0.3 is 0 Å². The minimum Gasteiger partial charge on any atom is -0.355 e. The molecule has 1 aliphatic rings. The first-order valence-corrected chi connectivity index (χ1v) is 9.58. The second-order valence-electron chi connectivity index (χ2n) is 6.15. The van der Waals surface area contributed by atoms with Gasteiger partial charge in [0.1, 0.15) is 11.6 Å². The Kier molecular flexibility index (Phi) is 5.91. The van der Waals surface area contributed by atoms with Crippen LogP contribution in [-0.4, -0.2) is 33.0 Å². The second kappa shape index (κ2) is 8.33. The molecular weight excluding hydrogens is 320 g/mol. The fraction of sp³-hybridized carbons (Fsp3) is 0.500. The quantitative estimate of drug-likeness (QED) is 0.819. The van der Waals surface area contributed by atoms with Gasteiger partial charge in [-0.2, -0.15) is 0 Å². The minimum absolute atomic E-state index is 0.0684. The number of nitrogens with one attached hydrogen (secondary N) is 1. The van der Waals surface area contributed by atoms with Crippen molar-refractivity contribution in [3.63, 3.8) is 0 Å². The van der Waals surface area contributed by atoms with E-state index in [4.69, 9.17) is 0 Å². The number of aromatic nitrogens is 3. The average Bonchev–Trinajstić information content (AvgIpc) is 2.81. The first-order chi connectivity index (χ1) is 11.7. The van der Waals surface area contributed by atoms with Gasteiger partial charge in [-0.15, -0.1) is 22.0 Å². The third kappa shape index (κ3) is 4.38. The Morgan fingerprint density at radius 2 is 2.12 bits per heavy atom. The summed E-state index contributed by atoms with van der Waals surface area (Å²) in [4.78, 5) is 13.2. The zero-order chi connectivity index (χ0) is 16.8. The standard InChI is InChI=1S/C18H24N4OS/c1-14-7-4-5-8-15(14)24-13-18(23)19-11-10-17-21-20-16-9-3-2-6-12-22(16)17/h4-5,7-8H,2-3,6,9-13H2,1H3,(H,19,23). The van der Waals surface area contributed by atoms with Gasteiger partial charge in [-0.3, -0.25) is 4.79 Å². The number of carbonyl (C=O) groups excluding carboxylic acids is 1. The smallest absolute Gasteiger partial charge is 0.230 e. The molecule has 0 bridgehead atoms. The summed E-state index contributed by atoms with van der Waals surface area (Å²) >= 11 is 1.58. The highest BCUT2D eigenvalue weighted by molar-refractivity contribution is 8.00. The number of rotatable bonds is 6. The molecule has 1 aromatic carbocycles. The van der Waals surface area contributed by atoms with E-state index in [0.717, 1.165) is 35.9 Å². The van der Waals surface area contributed by atoms with E-state index in [1.165, 1.54) is 24.8 Å². The summed E-state index contributed by atoms with van der Waals surface area (Å²) in [5, 5.41) is 11.6. The lowest BCUT2D eigenvalue weighted by Crippen LogP contribution is -2.28. The zero-order valence-electron chi connectivity index (χ0n) is 14.1. The Morgan fingerprint density at radius 3 is 3.00 bits per heavy atom. The summed E-state index contributed by atoms with van der Waals surface area (Å²) < 4.78 is 2.24. The normalized spacial score (nSPS) is 14.0. The summed E-state index contributed by atoms with van der Waals surface area (Å²) in [6.07, 6.45) is 5.42. The van der Waals surface area contributed by atoms with Gasteiger partial charge in [-0.1, -0.05) is 24.6 Å². The van der Waals surface area contributed by atoms with E-state index in [-0.39, 0.29) is 5.91 Å². The van der Waals surface area contributed by atoms with Gasteiger partial charge in [-0.05, 0) is 31.4 Å². The molecular formula is C18H24N4OS. The molecule has 0 fully saturated rings. The van der Waals surface area contributed by atoms with Crippen LogP contribution in [0.5, 0.6) is 0 Å². The van der Waals surface area contributed by atoms with Crippen molar-refractivity contribution in [1.82, 2.24) is 20.1 Å². The summed E-state index contributed by atoms with van der Waals surface area (Å²) in [7, 11) is 0.